The summed E-state index contributed by atoms with van der Waals surface area (Å²) >= 11 is 0. The number of hydrogen-bond acceptors (Lipinski definition) is 2. The molecule has 0 saturated carbocycles. The van der Waals surface area contributed by atoms with Crippen LogP contribution in [0, 0.1) is 0 Å². The lowest BCUT2D eigenvalue weighted by molar-refractivity contribution is 0.280. The summed E-state index contributed by atoms with van der Waals surface area (Å²) in [5.41, 5.74) is 2.46. The normalized spacial score (nSPS) is 13.0. The van der Waals surface area contributed by atoms with Crippen LogP contribution in [0.1, 0.15) is 24.1 Å². The SMILES string of the molecule is COC(=Cc1ccccc1)CN[C@H](C)c1cccc2ccccc12. The molecule has 0 aromatic heterocycles. The Bertz CT molecular complexity index is 818. The predicted molar refractivity (Wildman–Crippen MR) is 102 cm³/mol. The van der Waals surface area contributed by atoms with Gasteiger partial charge in [-0.3, -0.25) is 0 Å². The van der Waals surface area contributed by atoms with Crippen LogP contribution < -0.4 is 5.32 Å². The Balaban J connectivity index is 1.74. The lowest BCUT2D eigenvalue weighted by Crippen LogP contribution is -2.22. The predicted octanol–water partition coefficient (Wildman–Crippen LogP) is 5.18. The van der Waals surface area contributed by atoms with Crippen molar-refractivity contribution in [2.24, 2.45) is 0 Å². The second kappa shape index (κ2) is 7.80. The van der Waals surface area contributed by atoms with Crippen LogP contribution in [0.15, 0.2) is 78.6 Å². The van der Waals surface area contributed by atoms with Crippen LogP contribution in [0.4, 0.5) is 0 Å². The van der Waals surface area contributed by atoms with Crippen molar-refractivity contribution in [2.75, 3.05) is 13.7 Å². The molecule has 3 aromatic carbocycles. The minimum atomic E-state index is 0.241. The first kappa shape index (κ1) is 16.3. The molecule has 1 atom stereocenters. The van der Waals surface area contributed by atoms with Crippen LogP contribution in [0.5, 0.6) is 0 Å². The van der Waals surface area contributed by atoms with E-state index in [1.807, 2.05) is 18.2 Å². The van der Waals surface area contributed by atoms with Gasteiger partial charge in [0, 0.05) is 6.04 Å². The van der Waals surface area contributed by atoms with Crippen LogP contribution in [0.3, 0.4) is 0 Å². The molecule has 0 amide bonds. The van der Waals surface area contributed by atoms with Crippen molar-refractivity contribution in [3.63, 3.8) is 0 Å². The smallest absolute Gasteiger partial charge is 0.110 e. The standard InChI is InChI=1S/C22H23NO/c1-17(21-14-8-12-19-11-6-7-13-22(19)21)23-16-20(24-2)15-18-9-4-3-5-10-18/h3-15,17,23H,16H2,1-2H3/t17-/m1/s1. The molecule has 0 bridgehead atoms. The topological polar surface area (TPSA) is 21.3 Å². The molecule has 3 rings (SSSR count). The molecule has 0 aliphatic rings. The van der Waals surface area contributed by atoms with Gasteiger partial charge in [0.2, 0.25) is 0 Å². The van der Waals surface area contributed by atoms with E-state index in [9.17, 15) is 0 Å². The highest BCUT2D eigenvalue weighted by Crippen LogP contribution is 2.24. The monoisotopic (exact) mass is 317 g/mol. The average molecular weight is 317 g/mol. The molecule has 0 heterocycles. The number of nitrogens with one attached hydrogen (secondary N) is 1. The first-order chi connectivity index (χ1) is 11.8. The zero-order valence-electron chi connectivity index (χ0n) is 14.2. The Morgan fingerprint density at radius 3 is 2.46 bits per heavy atom. The summed E-state index contributed by atoms with van der Waals surface area (Å²) in [5.74, 6) is 0.924. The van der Waals surface area contributed by atoms with Crippen LogP contribution in [0.2, 0.25) is 0 Å². The number of rotatable bonds is 6. The first-order valence-corrected chi connectivity index (χ1v) is 8.28. The van der Waals surface area contributed by atoms with Gasteiger partial charge in [0.1, 0.15) is 5.76 Å². The molecule has 0 fully saturated rings. The fourth-order valence-electron chi connectivity index (χ4n) is 2.91. The number of fused-ring (bicyclic) bond motifs is 1. The highest BCUT2D eigenvalue weighted by atomic mass is 16.5. The van der Waals surface area contributed by atoms with Gasteiger partial charge in [0.05, 0.1) is 13.7 Å². The average Bonchev–Trinajstić information content (AvgIpc) is 2.65. The zero-order chi connectivity index (χ0) is 16.8. The molecule has 0 unspecified atom stereocenters. The minimum absolute atomic E-state index is 0.241. The Kier molecular flexibility index (Phi) is 5.29. The Labute approximate surface area is 143 Å². The van der Waals surface area contributed by atoms with E-state index in [1.165, 1.54) is 16.3 Å². The molecule has 0 saturated heterocycles. The van der Waals surface area contributed by atoms with Gasteiger partial charge in [-0.15, -0.1) is 0 Å². The summed E-state index contributed by atoms with van der Waals surface area (Å²) in [7, 11) is 1.72. The van der Waals surface area contributed by atoms with Crippen molar-refractivity contribution in [3.8, 4) is 0 Å². The molecule has 24 heavy (non-hydrogen) atoms. The maximum Gasteiger partial charge on any atom is 0.110 e. The van der Waals surface area contributed by atoms with Gasteiger partial charge in [-0.1, -0.05) is 72.8 Å². The van der Waals surface area contributed by atoms with E-state index in [2.05, 4.69) is 72.9 Å². The van der Waals surface area contributed by atoms with Gasteiger partial charge >= 0.3 is 0 Å². The van der Waals surface area contributed by atoms with E-state index in [0.717, 1.165) is 11.3 Å². The summed E-state index contributed by atoms with van der Waals surface area (Å²) in [6, 6.07) is 25.4. The fourth-order valence-corrected chi connectivity index (χ4v) is 2.91. The van der Waals surface area contributed by atoms with E-state index in [1.54, 1.807) is 7.11 Å². The van der Waals surface area contributed by atoms with Crippen LogP contribution in [-0.2, 0) is 4.74 Å². The van der Waals surface area contributed by atoms with E-state index < -0.39 is 0 Å². The molecular weight excluding hydrogens is 294 g/mol. The lowest BCUT2D eigenvalue weighted by Gasteiger charge is -2.17. The maximum atomic E-state index is 5.53. The highest BCUT2D eigenvalue weighted by Gasteiger charge is 2.09. The Morgan fingerprint density at radius 1 is 0.958 bits per heavy atom. The van der Waals surface area contributed by atoms with Crippen LogP contribution in [0.25, 0.3) is 16.8 Å². The quantitative estimate of drug-likeness (QED) is 0.633. The number of hydrogen-bond donors (Lipinski definition) is 1. The number of ether oxygens (including phenoxy) is 1. The molecule has 0 spiro atoms. The van der Waals surface area contributed by atoms with Crippen molar-refractivity contribution >= 4 is 16.8 Å². The summed E-state index contributed by atoms with van der Waals surface area (Å²) in [6.45, 7) is 2.88. The van der Waals surface area contributed by atoms with E-state index in [0.29, 0.717) is 6.54 Å². The second-order valence-electron chi connectivity index (χ2n) is 5.90. The van der Waals surface area contributed by atoms with Crippen molar-refractivity contribution in [1.29, 1.82) is 0 Å². The molecule has 0 aliphatic heterocycles. The van der Waals surface area contributed by atoms with Crippen LogP contribution in [-0.4, -0.2) is 13.7 Å². The first-order valence-electron chi connectivity index (χ1n) is 8.28. The molecular formula is C22H23NO. The third kappa shape index (κ3) is 3.84. The van der Waals surface area contributed by atoms with Crippen molar-refractivity contribution in [1.82, 2.24) is 5.32 Å². The lowest BCUT2D eigenvalue weighted by atomic mass is 10.00. The fraction of sp³-hybridized carbons (Fsp3) is 0.182. The summed E-state index contributed by atoms with van der Waals surface area (Å²) in [4.78, 5) is 0. The summed E-state index contributed by atoms with van der Waals surface area (Å²) < 4.78 is 5.53. The summed E-state index contributed by atoms with van der Waals surface area (Å²) in [5, 5.41) is 6.14. The molecule has 2 nitrogen and oxygen atoms in total. The van der Waals surface area contributed by atoms with Crippen LogP contribution >= 0.6 is 0 Å². The van der Waals surface area contributed by atoms with Gasteiger partial charge in [0.15, 0.2) is 0 Å². The molecule has 0 aliphatic carbocycles. The minimum Gasteiger partial charge on any atom is -0.500 e. The highest BCUT2D eigenvalue weighted by molar-refractivity contribution is 5.86. The third-order valence-corrected chi connectivity index (χ3v) is 4.26. The van der Waals surface area contributed by atoms with Gasteiger partial charge in [-0.25, -0.2) is 0 Å². The Hall–Kier alpha value is -2.58. The van der Waals surface area contributed by atoms with Gasteiger partial charge in [0.25, 0.3) is 0 Å². The zero-order valence-corrected chi connectivity index (χ0v) is 14.2. The molecule has 3 aromatic rings. The summed E-state index contributed by atoms with van der Waals surface area (Å²) in [6.07, 6.45) is 2.07. The molecule has 122 valence electrons. The molecule has 1 N–H and O–H groups in total. The third-order valence-electron chi connectivity index (χ3n) is 4.26. The van der Waals surface area contributed by atoms with E-state index in [-0.39, 0.29) is 6.04 Å². The molecule has 0 radical (unpaired) electrons. The molecule has 2 heteroatoms. The van der Waals surface area contributed by atoms with Crippen molar-refractivity contribution in [3.05, 3.63) is 89.7 Å². The van der Waals surface area contributed by atoms with Gasteiger partial charge < -0.3 is 10.1 Å². The van der Waals surface area contributed by atoms with Crippen molar-refractivity contribution in [2.45, 2.75) is 13.0 Å². The van der Waals surface area contributed by atoms with Gasteiger partial charge in [-0.05, 0) is 34.9 Å². The van der Waals surface area contributed by atoms with E-state index in [4.69, 9.17) is 4.74 Å². The number of methoxy groups -OCH3 is 1. The maximum absolute atomic E-state index is 5.53. The van der Waals surface area contributed by atoms with Crippen molar-refractivity contribution < 1.29 is 4.74 Å². The van der Waals surface area contributed by atoms with Gasteiger partial charge in [-0.2, -0.15) is 0 Å². The largest absolute Gasteiger partial charge is 0.500 e. The van der Waals surface area contributed by atoms with E-state index >= 15 is 0 Å². The second-order valence-corrected chi connectivity index (χ2v) is 5.90. The number of benzene rings is 3. The Morgan fingerprint density at radius 2 is 1.67 bits per heavy atom.